The number of benzene rings is 1. The molecule has 0 heterocycles. The molecule has 0 aliphatic heterocycles. The van der Waals surface area contributed by atoms with E-state index < -0.39 is 45.1 Å². The molecule has 0 spiro atoms. The monoisotopic (exact) mass is 670 g/mol. The molecular weight excluding hydrogens is 615 g/mol. The van der Waals surface area contributed by atoms with Crippen LogP contribution in [0.2, 0.25) is 0 Å². The van der Waals surface area contributed by atoms with Gasteiger partial charge in [0.2, 0.25) is 11.8 Å². The fourth-order valence-corrected chi connectivity index (χ4v) is 6.02. The van der Waals surface area contributed by atoms with Gasteiger partial charge in [-0.25, -0.2) is 9.36 Å². The molecule has 1 aromatic carbocycles. The summed E-state index contributed by atoms with van der Waals surface area (Å²) >= 11 is 0. The maximum atomic E-state index is 12.4. The van der Waals surface area contributed by atoms with Crippen molar-refractivity contribution in [3.05, 3.63) is 29.8 Å². The molecule has 262 valence electrons. The number of carboxylic acid groups (broad SMARTS) is 1. The Labute approximate surface area is 273 Å². The number of phosphoric ester groups is 1. The highest BCUT2D eigenvalue weighted by Gasteiger charge is 2.30. The number of rotatable bonds is 25. The molecule has 1 unspecified atom stereocenters. The van der Waals surface area contributed by atoms with E-state index in [0.29, 0.717) is 25.9 Å². The van der Waals surface area contributed by atoms with Crippen molar-refractivity contribution < 1.29 is 47.8 Å². The van der Waals surface area contributed by atoms with Gasteiger partial charge in [0.1, 0.15) is 5.75 Å². The van der Waals surface area contributed by atoms with Crippen LogP contribution in [0.4, 0.5) is 0 Å². The van der Waals surface area contributed by atoms with Gasteiger partial charge in [0.15, 0.2) is 6.04 Å². The standard InChI is InChI=1S/C33H55N2O10P/c1-2-3-4-5-6-7-8-9-13-21-43-29-18-14-15-26(22-29)19-20-31(37)34-23-28(36)24-44-46(41,42)45-25-30(33(39)40)35-32(38)27-16-11-10-12-17-27/h14-15,18,22,27-28,30,36H,2-13,16-17,19-21,23-25H2,1H3,(H,34,37)(H,35,38)(H,39,40)(H,41,42)/t28-,30+/m1/s1. The van der Waals surface area contributed by atoms with Gasteiger partial charge in [0.25, 0.3) is 0 Å². The van der Waals surface area contributed by atoms with Crippen molar-refractivity contribution in [2.24, 2.45) is 5.92 Å². The second-order valence-electron chi connectivity index (χ2n) is 12.1. The van der Waals surface area contributed by atoms with Crippen LogP contribution in [0.3, 0.4) is 0 Å². The Hall–Kier alpha value is -2.50. The van der Waals surface area contributed by atoms with Crippen molar-refractivity contribution in [2.75, 3.05) is 26.4 Å². The molecular formula is C33H55N2O10P. The lowest BCUT2D eigenvalue weighted by molar-refractivity contribution is -0.143. The highest BCUT2D eigenvalue weighted by molar-refractivity contribution is 7.47. The summed E-state index contributed by atoms with van der Waals surface area (Å²) in [5.74, 6) is -1.69. The fourth-order valence-electron chi connectivity index (χ4n) is 5.25. The summed E-state index contributed by atoms with van der Waals surface area (Å²) in [4.78, 5) is 46.1. The van der Waals surface area contributed by atoms with E-state index in [0.717, 1.165) is 43.4 Å². The van der Waals surface area contributed by atoms with Crippen LogP contribution in [0.1, 0.15) is 109 Å². The van der Waals surface area contributed by atoms with Crippen molar-refractivity contribution in [3.63, 3.8) is 0 Å². The molecule has 5 N–H and O–H groups in total. The van der Waals surface area contributed by atoms with Gasteiger partial charge in [0, 0.05) is 18.9 Å². The maximum absolute atomic E-state index is 12.4. The number of carboxylic acids is 1. The first-order valence-electron chi connectivity index (χ1n) is 16.9. The number of hydrogen-bond donors (Lipinski definition) is 5. The molecule has 2 rings (SSSR count). The van der Waals surface area contributed by atoms with Crippen molar-refractivity contribution in [3.8, 4) is 5.75 Å². The fraction of sp³-hybridized carbons (Fsp3) is 0.727. The Morgan fingerprint density at radius 2 is 1.61 bits per heavy atom. The summed E-state index contributed by atoms with van der Waals surface area (Å²) in [6.45, 7) is 1.23. The van der Waals surface area contributed by atoms with Gasteiger partial charge in [-0.3, -0.25) is 18.6 Å². The minimum atomic E-state index is -4.74. The maximum Gasteiger partial charge on any atom is 0.472 e. The van der Waals surface area contributed by atoms with Gasteiger partial charge in [-0.15, -0.1) is 0 Å². The molecule has 1 saturated carbocycles. The SMILES string of the molecule is CCCCCCCCCCCOc1cccc(CCC(=O)NC[C@@H](O)COP(=O)(O)OC[C@H](NC(=O)C2CCCCC2)C(=O)O)c1. The van der Waals surface area contributed by atoms with Crippen LogP contribution < -0.4 is 15.4 Å². The van der Waals surface area contributed by atoms with E-state index in [2.05, 4.69) is 17.6 Å². The zero-order valence-electron chi connectivity index (χ0n) is 27.3. The lowest BCUT2D eigenvalue weighted by Crippen LogP contribution is -2.46. The highest BCUT2D eigenvalue weighted by atomic mass is 31.2. The molecule has 3 atom stereocenters. The number of hydrogen-bond acceptors (Lipinski definition) is 8. The second-order valence-corrected chi connectivity index (χ2v) is 13.5. The van der Waals surface area contributed by atoms with Crippen molar-refractivity contribution in [1.29, 1.82) is 0 Å². The smallest absolute Gasteiger partial charge is 0.472 e. The lowest BCUT2D eigenvalue weighted by atomic mass is 9.88. The predicted octanol–water partition coefficient (Wildman–Crippen LogP) is 5.29. The number of carbonyl (C=O) groups excluding carboxylic acids is 2. The first-order chi connectivity index (χ1) is 22.1. The number of aliphatic carboxylic acids is 1. The Morgan fingerprint density at radius 3 is 2.28 bits per heavy atom. The van der Waals surface area contributed by atoms with Crippen LogP contribution in [0.15, 0.2) is 24.3 Å². The van der Waals surface area contributed by atoms with Gasteiger partial charge in [-0.05, 0) is 43.4 Å². The van der Waals surface area contributed by atoms with Gasteiger partial charge in [-0.2, -0.15) is 0 Å². The van der Waals surface area contributed by atoms with Crippen LogP contribution in [0.5, 0.6) is 5.75 Å². The minimum Gasteiger partial charge on any atom is -0.494 e. The number of amides is 2. The summed E-state index contributed by atoms with van der Waals surface area (Å²) in [5, 5.41) is 24.4. The Balaban J connectivity index is 1.60. The van der Waals surface area contributed by atoms with Crippen LogP contribution in [0.25, 0.3) is 0 Å². The van der Waals surface area contributed by atoms with Gasteiger partial charge < -0.3 is 30.5 Å². The number of unbranched alkanes of at least 4 members (excludes halogenated alkanes) is 8. The highest BCUT2D eigenvalue weighted by Crippen LogP contribution is 2.43. The third-order valence-electron chi connectivity index (χ3n) is 8.02. The third-order valence-corrected chi connectivity index (χ3v) is 8.97. The van der Waals surface area contributed by atoms with Crippen LogP contribution in [0, 0.1) is 5.92 Å². The molecule has 0 aromatic heterocycles. The normalized spacial score (nSPS) is 16.2. The predicted molar refractivity (Wildman–Crippen MR) is 174 cm³/mol. The molecule has 0 saturated heterocycles. The number of ether oxygens (including phenoxy) is 1. The number of nitrogens with one attached hydrogen (secondary N) is 2. The summed E-state index contributed by atoms with van der Waals surface area (Å²) < 4.78 is 27.6. The molecule has 13 heteroatoms. The Morgan fingerprint density at radius 1 is 0.957 bits per heavy atom. The van der Waals surface area contributed by atoms with Crippen molar-refractivity contribution in [2.45, 2.75) is 122 Å². The second kappa shape index (κ2) is 22.9. The number of phosphoric acid groups is 1. The summed E-state index contributed by atoms with van der Waals surface area (Å²) in [6, 6.07) is 6.08. The number of aryl methyl sites for hydroxylation is 1. The zero-order valence-corrected chi connectivity index (χ0v) is 28.2. The Bertz CT molecular complexity index is 1080. The van der Waals surface area contributed by atoms with E-state index >= 15 is 0 Å². The minimum absolute atomic E-state index is 0.167. The van der Waals surface area contributed by atoms with E-state index in [1.807, 2.05) is 24.3 Å². The molecule has 0 radical (unpaired) electrons. The van der Waals surface area contributed by atoms with Crippen LogP contribution >= 0.6 is 7.82 Å². The number of carbonyl (C=O) groups is 3. The zero-order chi connectivity index (χ0) is 33.6. The van der Waals surface area contributed by atoms with Crippen LogP contribution in [-0.2, 0) is 34.4 Å². The number of aliphatic hydroxyl groups is 1. The molecule has 12 nitrogen and oxygen atoms in total. The van der Waals surface area contributed by atoms with Crippen LogP contribution in [-0.4, -0.2) is 71.4 Å². The number of aliphatic hydroxyl groups excluding tert-OH is 1. The first-order valence-corrected chi connectivity index (χ1v) is 18.4. The molecule has 1 aliphatic rings. The van der Waals surface area contributed by atoms with Gasteiger partial charge in [-0.1, -0.05) is 89.7 Å². The molecule has 1 fully saturated rings. The molecule has 1 aliphatic carbocycles. The molecule has 1 aromatic rings. The average Bonchev–Trinajstić information content (AvgIpc) is 3.05. The van der Waals surface area contributed by atoms with Crippen molar-refractivity contribution >= 4 is 25.6 Å². The average molecular weight is 671 g/mol. The Kier molecular flexibility index (Phi) is 19.8. The largest absolute Gasteiger partial charge is 0.494 e. The van der Waals surface area contributed by atoms with E-state index in [9.17, 15) is 34.1 Å². The van der Waals surface area contributed by atoms with Crippen molar-refractivity contribution in [1.82, 2.24) is 10.6 Å². The van der Waals surface area contributed by atoms with Gasteiger partial charge in [0.05, 0.1) is 25.9 Å². The topological polar surface area (TPSA) is 181 Å². The summed E-state index contributed by atoms with van der Waals surface area (Å²) in [5.41, 5.74) is 0.941. The molecule has 2 amide bonds. The van der Waals surface area contributed by atoms with Gasteiger partial charge >= 0.3 is 13.8 Å². The molecule has 0 bridgehead atoms. The van der Waals surface area contributed by atoms with E-state index in [-0.39, 0.29) is 24.8 Å². The van der Waals surface area contributed by atoms with E-state index in [1.54, 1.807) is 0 Å². The summed E-state index contributed by atoms with van der Waals surface area (Å²) in [6.07, 6.45) is 14.7. The summed E-state index contributed by atoms with van der Waals surface area (Å²) in [7, 11) is -4.74. The molecule has 46 heavy (non-hydrogen) atoms. The lowest BCUT2D eigenvalue weighted by Gasteiger charge is -2.23. The van der Waals surface area contributed by atoms with E-state index in [1.165, 1.54) is 44.9 Å². The third kappa shape index (κ3) is 18.0. The first kappa shape index (κ1) is 39.7. The van der Waals surface area contributed by atoms with E-state index in [4.69, 9.17) is 13.8 Å². The quantitative estimate of drug-likeness (QED) is 0.0678.